The van der Waals surface area contributed by atoms with Crippen LogP contribution in [0.25, 0.3) is 0 Å². The number of carboxylic acids is 2. The molecule has 0 bridgehead atoms. The van der Waals surface area contributed by atoms with Gasteiger partial charge in [-0.3, -0.25) is 4.79 Å². The molecule has 0 aliphatic rings. The fraction of sp³-hybridized carbons (Fsp3) is 0.333. The predicted molar refractivity (Wildman–Crippen MR) is 60.0 cm³/mol. The van der Waals surface area contributed by atoms with Gasteiger partial charge >= 0.3 is 11.9 Å². The molecule has 19 heavy (non-hydrogen) atoms. The summed E-state index contributed by atoms with van der Waals surface area (Å²) in [6.45, 7) is 0. The van der Waals surface area contributed by atoms with Gasteiger partial charge in [-0.1, -0.05) is 12.1 Å². The molecule has 0 aromatic heterocycles. The second-order valence-electron chi connectivity index (χ2n) is 3.90. The lowest BCUT2D eigenvalue weighted by Gasteiger charge is -2.13. The van der Waals surface area contributed by atoms with E-state index in [-0.39, 0.29) is 18.4 Å². The zero-order valence-corrected chi connectivity index (χ0v) is 9.72. The van der Waals surface area contributed by atoms with Crippen molar-refractivity contribution in [2.45, 2.75) is 25.4 Å². The van der Waals surface area contributed by atoms with Gasteiger partial charge in [0.2, 0.25) is 0 Å². The van der Waals surface area contributed by atoms with E-state index >= 15 is 0 Å². The van der Waals surface area contributed by atoms with Crippen molar-refractivity contribution >= 4 is 11.9 Å². The number of hydrogen-bond acceptors (Lipinski definition) is 3. The Kier molecular flexibility index (Phi) is 4.94. The minimum Gasteiger partial charge on any atom is -0.481 e. The number of alkyl halides is 2. The first-order chi connectivity index (χ1) is 8.82. The standard InChI is InChI=1S/C12H12F2O5/c13-11(14)8-5-6(2-4-9(15)16)1-3-7(8)10(17)12(18)19/h1,3,5,10-11,17H,2,4H2,(H,15,16)(H,18,19). The zero-order valence-electron chi connectivity index (χ0n) is 9.72. The number of halogens is 2. The maximum absolute atomic E-state index is 12.8. The lowest BCUT2D eigenvalue weighted by atomic mass is 9.98. The largest absolute Gasteiger partial charge is 0.481 e. The van der Waals surface area contributed by atoms with Gasteiger partial charge in [-0.25, -0.2) is 13.6 Å². The summed E-state index contributed by atoms with van der Waals surface area (Å²) in [6, 6.07) is 3.43. The molecule has 0 saturated heterocycles. The molecule has 5 nitrogen and oxygen atoms in total. The highest BCUT2D eigenvalue weighted by atomic mass is 19.3. The summed E-state index contributed by atoms with van der Waals surface area (Å²) in [6.07, 6.45) is -5.14. The Balaban J connectivity index is 3.07. The molecule has 0 aliphatic carbocycles. The molecule has 7 heteroatoms. The number of aliphatic carboxylic acids is 2. The number of aliphatic hydroxyl groups excluding tert-OH is 1. The van der Waals surface area contributed by atoms with Crippen LogP contribution in [0, 0.1) is 0 Å². The van der Waals surface area contributed by atoms with Crippen molar-refractivity contribution < 1.29 is 33.7 Å². The van der Waals surface area contributed by atoms with E-state index in [1.165, 1.54) is 6.07 Å². The number of rotatable bonds is 6. The van der Waals surface area contributed by atoms with Crippen molar-refractivity contribution in [1.29, 1.82) is 0 Å². The summed E-state index contributed by atoms with van der Waals surface area (Å²) in [5, 5.41) is 26.4. The first-order valence-corrected chi connectivity index (χ1v) is 5.36. The molecule has 0 fully saturated rings. The van der Waals surface area contributed by atoms with Gasteiger partial charge in [0, 0.05) is 17.5 Å². The molecule has 1 rings (SSSR count). The average Bonchev–Trinajstić information content (AvgIpc) is 2.34. The normalized spacial score (nSPS) is 12.4. The number of benzene rings is 1. The number of carbonyl (C=O) groups is 2. The van der Waals surface area contributed by atoms with E-state index in [9.17, 15) is 23.5 Å². The molecular formula is C12H12F2O5. The molecular weight excluding hydrogens is 262 g/mol. The Bertz CT molecular complexity index is 487. The molecule has 1 aromatic carbocycles. The lowest BCUT2D eigenvalue weighted by Crippen LogP contribution is -2.13. The number of hydrogen-bond donors (Lipinski definition) is 3. The smallest absolute Gasteiger partial charge is 0.337 e. The van der Waals surface area contributed by atoms with E-state index in [0.717, 1.165) is 12.1 Å². The molecule has 1 unspecified atom stereocenters. The van der Waals surface area contributed by atoms with Crippen LogP contribution in [-0.2, 0) is 16.0 Å². The fourth-order valence-corrected chi connectivity index (χ4v) is 1.60. The second-order valence-corrected chi connectivity index (χ2v) is 3.90. The van der Waals surface area contributed by atoms with Crippen molar-refractivity contribution in [2.24, 2.45) is 0 Å². The molecule has 104 valence electrons. The SMILES string of the molecule is O=C(O)CCc1ccc(C(O)C(=O)O)c(C(F)F)c1. The first kappa shape index (κ1) is 15.0. The van der Waals surface area contributed by atoms with E-state index in [0.29, 0.717) is 5.56 Å². The molecule has 0 radical (unpaired) electrons. The Labute approximate surface area is 107 Å². The van der Waals surface area contributed by atoms with Gasteiger partial charge in [0.15, 0.2) is 6.10 Å². The molecule has 1 atom stereocenters. The van der Waals surface area contributed by atoms with Gasteiger partial charge in [0.25, 0.3) is 6.43 Å². The van der Waals surface area contributed by atoms with Gasteiger partial charge in [0.1, 0.15) is 0 Å². The fourth-order valence-electron chi connectivity index (χ4n) is 1.60. The second kappa shape index (κ2) is 6.24. The third-order valence-electron chi connectivity index (χ3n) is 2.54. The molecule has 3 N–H and O–H groups in total. The lowest BCUT2D eigenvalue weighted by molar-refractivity contribution is -0.147. The molecule has 0 heterocycles. The quantitative estimate of drug-likeness (QED) is 0.734. The van der Waals surface area contributed by atoms with E-state index in [1.807, 2.05) is 0 Å². The van der Waals surface area contributed by atoms with Crippen LogP contribution in [0.1, 0.15) is 35.6 Å². The highest BCUT2D eigenvalue weighted by Gasteiger charge is 2.23. The molecule has 1 aromatic rings. The van der Waals surface area contributed by atoms with Crippen LogP contribution in [0.15, 0.2) is 18.2 Å². The van der Waals surface area contributed by atoms with Gasteiger partial charge in [0.05, 0.1) is 0 Å². The number of aryl methyl sites for hydroxylation is 1. The highest BCUT2D eigenvalue weighted by molar-refractivity contribution is 5.74. The van der Waals surface area contributed by atoms with Crippen LogP contribution in [0.2, 0.25) is 0 Å². The third kappa shape index (κ3) is 3.99. The molecule has 0 spiro atoms. The van der Waals surface area contributed by atoms with Crippen LogP contribution in [0.5, 0.6) is 0 Å². The first-order valence-electron chi connectivity index (χ1n) is 5.36. The summed E-state index contributed by atoms with van der Waals surface area (Å²) in [7, 11) is 0. The number of aliphatic hydroxyl groups is 1. The van der Waals surface area contributed by atoms with E-state index < -0.39 is 30.0 Å². The average molecular weight is 274 g/mol. The van der Waals surface area contributed by atoms with E-state index in [2.05, 4.69) is 0 Å². The van der Waals surface area contributed by atoms with Gasteiger partial charge < -0.3 is 15.3 Å². The summed E-state index contributed by atoms with van der Waals surface area (Å²) in [5.41, 5.74) is -0.640. The Morgan fingerprint density at radius 3 is 2.26 bits per heavy atom. The van der Waals surface area contributed by atoms with Crippen molar-refractivity contribution in [1.82, 2.24) is 0 Å². The molecule has 0 aliphatic heterocycles. The zero-order chi connectivity index (χ0) is 14.6. The maximum atomic E-state index is 12.8. The van der Waals surface area contributed by atoms with E-state index in [1.54, 1.807) is 0 Å². The minimum atomic E-state index is -2.95. The van der Waals surface area contributed by atoms with Gasteiger partial charge in [-0.15, -0.1) is 0 Å². The summed E-state index contributed by atoms with van der Waals surface area (Å²) >= 11 is 0. The Hall–Kier alpha value is -2.02. The van der Waals surface area contributed by atoms with Crippen LogP contribution in [0.3, 0.4) is 0 Å². The van der Waals surface area contributed by atoms with Crippen LogP contribution in [0.4, 0.5) is 8.78 Å². The predicted octanol–water partition coefficient (Wildman–Crippen LogP) is 1.76. The van der Waals surface area contributed by atoms with Crippen LogP contribution >= 0.6 is 0 Å². The maximum Gasteiger partial charge on any atom is 0.337 e. The number of carboxylic acid groups (broad SMARTS) is 2. The van der Waals surface area contributed by atoms with Gasteiger partial charge in [-0.05, 0) is 18.1 Å². The summed E-state index contributed by atoms with van der Waals surface area (Å²) in [4.78, 5) is 21.0. The third-order valence-corrected chi connectivity index (χ3v) is 2.54. The Morgan fingerprint density at radius 2 is 1.79 bits per heavy atom. The molecule has 0 amide bonds. The van der Waals surface area contributed by atoms with Crippen LogP contribution < -0.4 is 0 Å². The summed E-state index contributed by atoms with van der Waals surface area (Å²) < 4.78 is 25.6. The topological polar surface area (TPSA) is 94.8 Å². The van der Waals surface area contributed by atoms with Crippen molar-refractivity contribution in [2.75, 3.05) is 0 Å². The minimum absolute atomic E-state index is 0.0541. The van der Waals surface area contributed by atoms with Crippen LogP contribution in [-0.4, -0.2) is 27.3 Å². The van der Waals surface area contributed by atoms with Crippen molar-refractivity contribution in [3.05, 3.63) is 34.9 Å². The monoisotopic (exact) mass is 274 g/mol. The molecule has 0 saturated carbocycles. The summed E-state index contributed by atoms with van der Waals surface area (Å²) in [5.74, 6) is -2.69. The highest BCUT2D eigenvalue weighted by Crippen LogP contribution is 2.29. The van der Waals surface area contributed by atoms with Crippen molar-refractivity contribution in [3.8, 4) is 0 Å². The Morgan fingerprint density at radius 1 is 1.16 bits per heavy atom. The van der Waals surface area contributed by atoms with Gasteiger partial charge in [-0.2, -0.15) is 0 Å². The van der Waals surface area contributed by atoms with Crippen molar-refractivity contribution in [3.63, 3.8) is 0 Å². The van der Waals surface area contributed by atoms with E-state index in [4.69, 9.17) is 10.2 Å².